The van der Waals surface area contributed by atoms with Crippen molar-refractivity contribution in [1.82, 2.24) is 15.3 Å². The number of aromatic nitrogens is 2. The van der Waals surface area contributed by atoms with E-state index in [1.807, 2.05) is 6.92 Å². The van der Waals surface area contributed by atoms with Crippen LogP contribution in [0.4, 0.5) is 10.3 Å². The van der Waals surface area contributed by atoms with E-state index in [9.17, 15) is 9.18 Å². The van der Waals surface area contributed by atoms with E-state index in [4.69, 9.17) is 4.74 Å². The first kappa shape index (κ1) is 15.2. The molecule has 1 aliphatic rings. The molecule has 1 saturated heterocycles. The molecule has 6 nitrogen and oxygen atoms in total. The number of benzene rings is 1. The van der Waals surface area contributed by atoms with Gasteiger partial charge in [-0.25, -0.2) is 9.37 Å². The van der Waals surface area contributed by atoms with Gasteiger partial charge in [0.1, 0.15) is 11.6 Å². The number of hydrogen-bond acceptors (Lipinski definition) is 5. The van der Waals surface area contributed by atoms with Crippen molar-refractivity contribution in [1.29, 1.82) is 0 Å². The summed E-state index contributed by atoms with van der Waals surface area (Å²) in [7, 11) is 0. The minimum atomic E-state index is -0.323. The van der Waals surface area contributed by atoms with E-state index < -0.39 is 0 Å². The molecule has 1 fully saturated rings. The number of hydrogen-bond donors (Lipinski definition) is 2. The standard InChI is InChI=1S/C16H17FN4O2/c1-10-13(6-7-14(22)19-10)20-16-18-9-8-15(21-16)23-12-4-2-11(17)3-5-12/h2-5,8-10,13H,6-7H2,1H3,(H,19,22)(H,18,20,21). The van der Waals surface area contributed by atoms with Gasteiger partial charge < -0.3 is 15.4 Å². The van der Waals surface area contributed by atoms with Crippen LogP contribution < -0.4 is 15.4 Å². The van der Waals surface area contributed by atoms with E-state index in [2.05, 4.69) is 20.6 Å². The van der Waals surface area contributed by atoms with Crippen molar-refractivity contribution in [2.75, 3.05) is 5.32 Å². The quantitative estimate of drug-likeness (QED) is 0.906. The van der Waals surface area contributed by atoms with Crippen LogP contribution in [-0.2, 0) is 4.79 Å². The average Bonchev–Trinajstić information content (AvgIpc) is 2.53. The van der Waals surface area contributed by atoms with Crippen molar-refractivity contribution in [3.05, 3.63) is 42.3 Å². The Morgan fingerprint density at radius 2 is 2.09 bits per heavy atom. The minimum absolute atomic E-state index is 0.00141. The Bertz CT molecular complexity index is 693. The minimum Gasteiger partial charge on any atom is -0.439 e. The molecule has 2 heterocycles. The zero-order chi connectivity index (χ0) is 16.2. The second-order valence-electron chi connectivity index (χ2n) is 5.42. The maximum Gasteiger partial charge on any atom is 0.226 e. The number of ether oxygens (including phenoxy) is 1. The summed E-state index contributed by atoms with van der Waals surface area (Å²) >= 11 is 0. The molecule has 1 aliphatic heterocycles. The van der Waals surface area contributed by atoms with Crippen molar-refractivity contribution in [2.24, 2.45) is 0 Å². The molecule has 0 radical (unpaired) electrons. The van der Waals surface area contributed by atoms with Crippen molar-refractivity contribution in [2.45, 2.75) is 31.8 Å². The number of piperidine rings is 1. The molecule has 7 heteroatoms. The lowest BCUT2D eigenvalue weighted by molar-refractivity contribution is -0.123. The molecule has 0 aliphatic carbocycles. The Kier molecular flexibility index (Phi) is 4.36. The zero-order valence-electron chi connectivity index (χ0n) is 12.6. The van der Waals surface area contributed by atoms with Crippen LogP contribution in [0.15, 0.2) is 36.5 Å². The molecule has 2 aromatic rings. The van der Waals surface area contributed by atoms with Gasteiger partial charge in [-0.1, -0.05) is 0 Å². The number of halogens is 1. The monoisotopic (exact) mass is 316 g/mol. The molecule has 2 N–H and O–H groups in total. The number of rotatable bonds is 4. The van der Waals surface area contributed by atoms with Crippen LogP contribution >= 0.6 is 0 Å². The molecule has 0 bridgehead atoms. The fraction of sp³-hybridized carbons (Fsp3) is 0.312. The van der Waals surface area contributed by atoms with Gasteiger partial charge in [0.15, 0.2) is 0 Å². The number of anilines is 1. The SMILES string of the molecule is CC1NC(=O)CCC1Nc1nccc(Oc2ccc(F)cc2)n1. The molecule has 23 heavy (non-hydrogen) atoms. The first-order valence-corrected chi connectivity index (χ1v) is 7.42. The van der Waals surface area contributed by atoms with Crippen LogP contribution in [0.25, 0.3) is 0 Å². The summed E-state index contributed by atoms with van der Waals surface area (Å²) in [5.74, 6) is 1.02. The van der Waals surface area contributed by atoms with Gasteiger partial charge in [0, 0.05) is 30.8 Å². The molecule has 0 saturated carbocycles. The Hall–Kier alpha value is -2.70. The third-order valence-electron chi connectivity index (χ3n) is 3.66. The first-order chi connectivity index (χ1) is 11.1. The lowest BCUT2D eigenvalue weighted by Gasteiger charge is -2.30. The van der Waals surface area contributed by atoms with Crippen LogP contribution in [0.2, 0.25) is 0 Å². The molecule has 2 unspecified atom stereocenters. The topological polar surface area (TPSA) is 76.1 Å². The Morgan fingerprint density at radius 1 is 1.30 bits per heavy atom. The summed E-state index contributed by atoms with van der Waals surface area (Å²) < 4.78 is 18.5. The van der Waals surface area contributed by atoms with E-state index in [1.54, 1.807) is 12.3 Å². The molecule has 2 atom stereocenters. The van der Waals surface area contributed by atoms with Crippen molar-refractivity contribution >= 4 is 11.9 Å². The molecular weight excluding hydrogens is 299 g/mol. The van der Waals surface area contributed by atoms with Gasteiger partial charge in [0.05, 0.1) is 0 Å². The van der Waals surface area contributed by atoms with Crippen LogP contribution in [0.5, 0.6) is 11.6 Å². The van der Waals surface area contributed by atoms with Gasteiger partial charge in [-0.2, -0.15) is 4.98 Å². The summed E-state index contributed by atoms with van der Waals surface area (Å²) in [5.41, 5.74) is 0. The molecule has 120 valence electrons. The molecule has 1 aromatic carbocycles. The highest BCUT2D eigenvalue weighted by molar-refractivity contribution is 5.77. The summed E-state index contributed by atoms with van der Waals surface area (Å²) in [6.07, 6.45) is 2.79. The normalized spacial score (nSPS) is 20.7. The third kappa shape index (κ3) is 3.94. The summed E-state index contributed by atoms with van der Waals surface area (Å²) in [6.45, 7) is 1.94. The number of nitrogens with one attached hydrogen (secondary N) is 2. The van der Waals surface area contributed by atoms with E-state index in [-0.39, 0.29) is 23.8 Å². The van der Waals surface area contributed by atoms with Crippen molar-refractivity contribution in [3.63, 3.8) is 0 Å². The Morgan fingerprint density at radius 3 is 2.83 bits per heavy atom. The van der Waals surface area contributed by atoms with Gasteiger partial charge in [-0.3, -0.25) is 4.79 Å². The van der Waals surface area contributed by atoms with E-state index >= 15 is 0 Å². The third-order valence-corrected chi connectivity index (χ3v) is 3.66. The summed E-state index contributed by atoms with van der Waals surface area (Å²) in [5, 5.41) is 6.10. The first-order valence-electron chi connectivity index (χ1n) is 7.42. The van der Waals surface area contributed by atoms with Gasteiger partial charge >= 0.3 is 0 Å². The summed E-state index contributed by atoms with van der Waals surface area (Å²) in [6, 6.07) is 7.40. The maximum atomic E-state index is 12.9. The van der Waals surface area contributed by atoms with Crippen LogP contribution in [-0.4, -0.2) is 28.0 Å². The number of amides is 1. The average molecular weight is 316 g/mol. The van der Waals surface area contributed by atoms with E-state index in [0.717, 1.165) is 6.42 Å². The largest absolute Gasteiger partial charge is 0.439 e. The number of nitrogens with zero attached hydrogens (tertiary/aromatic N) is 2. The van der Waals surface area contributed by atoms with Crippen LogP contribution in [0, 0.1) is 5.82 Å². The van der Waals surface area contributed by atoms with Gasteiger partial charge in [-0.15, -0.1) is 0 Å². The summed E-state index contributed by atoms with van der Waals surface area (Å²) in [4.78, 5) is 19.8. The van der Waals surface area contributed by atoms with Crippen LogP contribution in [0.3, 0.4) is 0 Å². The second-order valence-corrected chi connectivity index (χ2v) is 5.42. The Labute approximate surface area is 133 Å². The van der Waals surface area contributed by atoms with E-state index in [1.165, 1.54) is 24.3 Å². The fourth-order valence-corrected chi connectivity index (χ4v) is 2.42. The fourth-order valence-electron chi connectivity index (χ4n) is 2.42. The predicted molar refractivity (Wildman–Crippen MR) is 82.8 cm³/mol. The second kappa shape index (κ2) is 6.60. The molecular formula is C16H17FN4O2. The molecule has 1 aromatic heterocycles. The van der Waals surface area contributed by atoms with Crippen molar-refractivity contribution < 1.29 is 13.9 Å². The van der Waals surface area contributed by atoms with Gasteiger partial charge in [0.2, 0.25) is 17.7 Å². The number of carbonyl (C=O) groups excluding carboxylic acids is 1. The van der Waals surface area contributed by atoms with Gasteiger partial charge in [0.25, 0.3) is 0 Å². The molecule has 3 rings (SSSR count). The number of carbonyl (C=O) groups is 1. The Balaban J connectivity index is 1.67. The van der Waals surface area contributed by atoms with Gasteiger partial charge in [-0.05, 0) is 37.6 Å². The molecule has 0 spiro atoms. The van der Waals surface area contributed by atoms with Crippen molar-refractivity contribution in [3.8, 4) is 11.6 Å². The predicted octanol–water partition coefficient (Wildman–Crippen LogP) is 2.49. The zero-order valence-corrected chi connectivity index (χ0v) is 12.6. The maximum absolute atomic E-state index is 12.9. The van der Waals surface area contributed by atoms with Crippen LogP contribution in [0.1, 0.15) is 19.8 Å². The lowest BCUT2D eigenvalue weighted by atomic mass is 10.00. The van der Waals surface area contributed by atoms with E-state index in [0.29, 0.717) is 24.0 Å². The highest BCUT2D eigenvalue weighted by Gasteiger charge is 2.25. The lowest BCUT2D eigenvalue weighted by Crippen LogP contribution is -2.49. The highest BCUT2D eigenvalue weighted by Crippen LogP contribution is 2.21. The highest BCUT2D eigenvalue weighted by atomic mass is 19.1. The molecule has 1 amide bonds. The smallest absolute Gasteiger partial charge is 0.226 e.